The third kappa shape index (κ3) is 3.28. The van der Waals surface area contributed by atoms with Crippen LogP contribution in [0.2, 0.25) is 0 Å². The Morgan fingerprint density at radius 1 is 1.26 bits per heavy atom. The Morgan fingerprint density at radius 2 is 1.95 bits per heavy atom. The maximum Gasteiger partial charge on any atom is 0.170 e. The molecule has 0 bridgehead atoms. The van der Waals surface area contributed by atoms with Gasteiger partial charge in [0, 0.05) is 35.9 Å². The minimum absolute atomic E-state index is 0.0946. The molecule has 0 N–H and O–H groups in total. The van der Waals surface area contributed by atoms with Crippen molar-refractivity contribution in [1.82, 2.24) is 14.5 Å². The van der Waals surface area contributed by atoms with E-state index in [1.165, 1.54) is 0 Å². The smallest absolute Gasteiger partial charge is 0.170 e. The normalized spacial score (nSPS) is 10.7. The van der Waals surface area contributed by atoms with Crippen LogP contribution in [0.25, 0.3) is 0 Å². The lowest BCUT2D eigenvalue weighted by molar-refractivity contribution is 0.0989. The first-order valence-corrected chi connectivity index (χ1v) is 6.58. The van der Waals surface area contributed by atoms with Crippen LogP contribution >= 0.6 is 0 Å². The first-order chi connectivity index (χ1) is 9.10. The number of rotatable bonds is 5. The van der Waals surface area contributed by atoms with Crippen LogP contribution in [0.5, 0.6) is 0 Å². The average Bonchev–Trinajstić information content (AvgIpc) is 2.76. The number of ketones is 1. The van der Waals surface area contributed by atoms with Gasteiger partial charge < -0.3 is 4.57 Å². The molecule has 2 aromatic heterocycles. The predicted molar refractivity (Wildman–Crippen MR) is 74.3 cm³/mol. The Kier molecular flexibility index (Phi) is 4.10. The van der Waals surface area contributed by atoms with E-state index in [2.05, 4.69) is 16.9 Å². The number of carbonyl (C=O) groups is 1. The van der Waals surface area contributed by atoms with Crippen LogP contribution < -0.4 is 0 Å². The van der Waals surface area contributed by atoms with Gasteiger partial charge in [-0.2, -0.15) is 0 Å². The van der Waals surface area contributed by atoms with Gasteiger partial charge in [0.25, 0.3) is 0 Å². The van der Waals surface area contributed by atoms with E-state index in [4.69, 9.17) is 0 Å². The number of pyridine rings is 1. The highest BCUT2D eigenvalue weighted by Crippen LogP contribution is 2.10. The van der Waals surface area contributed by atoms with Crippen LogP contribution in [0, 0.1) is 13.8 Å². The number of hydrogen-bond donors (Lipinski definition) is 0. The summed E-state index contributed by atoms with van der Waals surface area (Å²) in [6.45, 7) is 6.82. The molecule has 2 aromatic rings. The highest BCUT2D eigenvalue weighted by molar-refractivity contribution is 5.97. The summed E-state index contributed by atoms with van der Waals surface area (Å²) in [6.07, 6.45) is 5.05. The van der Waals surface area contributed by atoms with Gasteiger partial charge in [-0.05, 0) is 32.4 Å². The zero-order valence-corrected chi connectivity index (χ0v) is 11.7. The van der Waals surface area contributed by atoms with E-state index in [-0.39, 0.29) is 5.78 Å². The SMILES string of the molecule is CCCn1ccnc1CC(=O)c1cc(C)nc(C)c1. The Hall–Kier alpha value is -1.97. The molecule has 0 saturated carbocycles. The summed E-state index contributed by atoms with van der Waals surface area (Å²) in [5, 5.41) is 0. The molecule has 0 spiro atoms. The van der Waals surface area contributed by atoms with Gasteiger partial charge in [-0.3, -0.25) is 9.78 Å². The largest absolute Gasteiger partial charge is 0.335 e. The average molecular weight is 257 g/mol. The standard InChI is InChI=1S/C15H19N3O/c1-4-6-18-7-5-16-15(18)10-14(19)13-8-11(2)17-12(3)9-13/h5,7-9H,4,6,10H2,1-3H3. The van der Waals surface area contributed by atoms with Gasteiger partial charge in [-0.25, -0.2) is 4.98 Å². The molecule has 0 fully saturated rings. The number of aryl methyl sites for hydroxylation is 3. The van der Waals surface area contributed by atoms with E-state index in [0.717, 1.165) is 35.7 Å². The fourth-order valence-electron chi connectivity index (χ4n) is 2.19. The van der Waals surface area contributed by atoms with Crippen LogP contribution in [0.4, 0.5) is 0 Å². The summed E-state index contributed by atoms with van der Waals surface area (Å²) in [7, 11) is 0. The van der Waals surface area contributed by atoms with Crippen molar-refractivity contribution in [2.24, 2.45) is 0 Å². The molecule has 2 heterocycles. The molecule has 0 radical (unpaired) electrons. The van der Waals surface area contributed by atoms with E-state index in [1.54, 1.807) is 6.20 Å². The summed E-state index contributed by atoms with van der Waals surface area (Å²) < 4.78 is 2.04. The van der Waals surface area contributed by atoms with Crippen molar-refractivity contribution in [3.8, 4) is 0 Å². The number of nitrogens with zero attached hydrogens (tertiary/aromatic N) is 3. The van der Waals surface area contributed by atoms with Gasteiger partial charge in [-0.15, -0.1) is 0 Å². The maximum absolute atomic E-state index is 12.3. The molecular formula is C15H19N3O. The van der Waals surface area contributed by atoms with Gasteiger partial charge >= 0.3 is 0 Å². The number of imidazole rings is 1. The highest BCUT2D eigenvalue weighted by Gasteiger charge is 2.12. The topological polar surface area (TPSA) is 47.8 Å². The summed E-state index contributed by atoms with van der Waals surface area (Å²) >= 11 is 0. The first kappa shape index (κ1) is 13.5. The fraction of sp³-hybridized carbons (Fsp3) is 0.400. The minimum atomic E-state index is 0.0946. The Morgan fingerprint density at radius 3 is 2.58 bits per heavy atom. The number of carbonyl (C=O) groups excluding carboxylic acids is 1. The monoisotopic (exact) mass is 257 g/mol. The number of Topliss-reactive ketones (excluding diaryl/α,β-unsaturated/α-hetero) is 1. The first-order valence-electron chi connectivity index (χ1n) is 6.58. The molecule has 0 unspecified atom stereocenters. The van der Waals surface area contributed by atoms with Crippen molar-refractivity contribution in [2.75, 3.05) is 0 Å². The molecule has 0 amide bonds. The summed E-state index contributed by atoms with van der Waals surface area (Å²) in [4.78, 5) is 20.9. The summed E-state index contributed by atoms with van der Waals surface area (Å²) in [5.41, 5.74) is 2.47. The minimum Gasteiger partial charge on any atom is -0.335 e. The molecule has 100 valence electrons. The van der Waals surface area contributed by atoms with E-state index in [1.807, 2.05) is 36.7 Å². The Labute approximate surface area is 113 Å². The van der Waals surface area contributed by atoms with Crippen LogP contribution in [0.15, 0.2) is 24.5 Å². The lowest BCUT2D eigenvalue weighted by Crippen LogP contribution is -2.11. The van der Waals surface area contributed by atoms with Gasteiger partial charge in [0.15, 0.2) is 5.78 Å². The van der Waals surface area contributed by atoms with E-state index in [9.17, 15) is 4.79 Å². The molecule has 0 aliphatic rings. The molecule has 4 nitrogen and oxygen atoms in total. The van der Waals surface area contributed by atoms with Crippen LogP contribution in [0.3, 0.4) is 0 Å². The summed E-state index contributed by atoms with van der Waals surface area (Å²) in [5.74, 6) is 0.927. The second-order valence-corrected chi connectivity index (χ2v) is 4.78. The zero-order valence-electron chi connectivity index (χ0n) is 11.7. The van der Waals surface area contributed by atoms with E-state index < -0.39 is 0 Å². The second-order valence-electron chi connectivity index (χ2n) is 4.78. The van der Waals surface area contributed by atoms with Gasteiger partial charge in [0.05, 0.1) is 6.42 Å². The molecule has 0 aliphatic heterocycles. The quantitative estimate of drug-likeness (QED) is 0.774. The molecule has 4 heteroatoms. The van der Waals surface area contributed by atoms with E-state index >= 15 is 0 Å². The molecule has 0 aromatic carbocycles. The van der Waals surface area contributed by atoms with Crippen LogP contribution in [-0.2, 0) is 13.0 Å². The van der Waals surface area contributed by atoms with Crippen molar-refractivity contribution >= 4 is 5.78 Å². The number of aromatic nitrogens is 3. The maximum atomic E-state index is 12.3. The van der Waals surface area contributed by atoms with E-state index in [0.29, 0.717) is 6.42 Å². The van der Waals surface area contributed by atoms with Crippen molar-refractivity contribution in [3.63, 3.8) is 0 Å². The highest BCUT2D eigenvalue weighted by atomic mass is 16.1. The van der Waals surface area contributed by atoms with Crippen molar-refractivity contribution in [3.05, 3.63) is 47.3 Å². The van der Waals surface area contributed by atoms with Crippen LogP contribution in [0.1, 0.15) is 40.9 Å². The van der Waals surface area contributed by atoms with Gasteiger partial charge in [-0.1, -0.05) is 6.92 Å². The predicted octanol–water partition coefficient (Wildman–Crippen LogP) is 2.73. The summed E-state index contributed by atoms with van der Waals surface area (Å²) in [6, 6.07) is 3.67. The van der Waals surface area contributed by atoms with Crippen molar-refractivity contribution in [1.29, 1.82) is 0 Å². The second kappa shape index (κ2) is 5.78. The molecule has 2 rings (SSSR count). The van der Waals surface area contributed by atoms with Crippen LogP contribution in [-0.4, -0.2) is 20.3 Å². The third-order valence-electron chi connectivity index (χ3n) is 2.99. The Balaban J connectivity index is 2.18. The van der Waals surface area contributed by atoms with Gasteiger partial charge in [0.2, 0.25) is 0 Å². The molecule has 0 saturated heterocycles. The fourth-order valence-corrected chi connectivity index (χ4v) is 2.19. The third-order valence-corrected chi connectivity index (χ3v) is 2.99. The lowest BCUT2D eigenvalue weighted by Gasteiger charge is -2.06. The molecular weight excluding hydrogens is 238 g/mol. The van der Waals surface area contributed by atoms with Crippen molar-refractivity contribution in [2.45, 2.75) is 40.2 Å². The number of hydrogen-bond acceptors (Lipinski definition) is 3. The molecule has 0 aliphatic carbocycles. The van der Waals surface area contributed by atoms with Crippen molar-refractivity contribution < 1.29 is 4.79 Å². The lowest BCUT2D eigenvalue weighted by atomic mass is 10.1. The molecule has 19 heavy (non-hydrogen) atoms. The molecule has 0 atom stereocenters. The Bertz CT molecular complexity index is 567. The zero-order chi connectivity index (χ0) is 13.8. The van der Waals surface area contributed by atoms with Gasteiger partial charge in [0.1, 0.15) is 5.82 Å².